The third kappa shape index (κ3) is 2.72. The molecule has 1 aliphatic rings. The smallest absolute Gasteiger partial charge is 0.255 e. The zero-order valence-electron chi connectivity index (χ0n) is 9.85. The molecule has 1 heterocycles. The van der Waals surface area contributed by atoms with E-state index in [-0.39, 0.29) is 11.9 Å². The summed E-state index contributed by atoms with van der Waals surface area (Å²) < 4.78 is 0. The number of thioether (sulfide) groups is 1. The van der Waals surface area contributed by atoms with E-state index < -0.39 is 0 Å². The normalized spacial score (nSPS) is 23.6. The highest BCUT2D eigenvalue weighted by Gasteiger charge is 2.28. The van der Waals surface area contributed by atoms with Crippen molar-refractivity contribution in [2.75, 3.05) is 12.0 Å². The SMILES string of the molecule is CSC1CCCC1NC(=O)c1cccnc1N. The Morgan fingerprint density at radius 2 is 2.41 bits per heavy atom. The Bertz CT molecular complexity index is 410. The van der Waals surface area contributed by atoms with Crippen LogP contribution < -0.4 is 11.1 Å². The second-order valence-corrected chi connectivity index (χ2v) is 5.30. The Labute approximate surface area is 105 Å². The first-order valence-corrected chi connectivity index (χ1v) is 7.05. The van der Waals surface area contributed by atoms with Gasteiger partial charge < -0.3 is 11.1 Å². The molecular weight excluding hydrogens is 234 g/mol. The van der Waals surface area contributed by atoms with E-state index in [1.54, 1.807) is 18.3 Å². The van der Waals surface area contributed by atoms with Gasteiger partial charge in [0.05, 0.1) is 5.56 Å². The second-order valence-electron chi connectivity index (χ2n) is 4.22. The minimum atomic E-state index is -0.110. The fraction of sp³-hybridized carbons (Fsp3) is 0.500. The lowest BCUT2D eigenvalue weighted by molar-refractivity contribution is 0.0939. The van der Waals surface area contributed by atoms with Gasteiger partial charge in [-0.15, -0.1) is 0 Å². The van der Waals surface area contributed by atoms with Crippen molar-refractivity contribution >= 4 is 23.5 Å². The van der Waals surface area contributed by atoms with Gasteiger partial charge in [0.2, 0.25) is 0 Å². The van der Waals surface area contributed by atoms with Gasteiger partial charge in [-0.1, -0.05) is 6.42 Å². The monoisotopic (exact) mass is 251 g/mol. The van der Waals surface area contributed by atoms with E-state index in [2.05, 4.69) is 16.6 Å². The number of amides is 1. The summed E-state index contributed by atoms with van der Waals surface area (Å²) in [5, 5.41) is 3.58. The highest BCUT2D eigenvalue weighted by molar-refractivity contribution is 7.99. The summed E-state index contributed by atoms with van der Waals surface area (Å²) in [4.78, 5) is 16.0. The van der Waals surface area contributed by atoms with E-state index in [9.17, 15) is 4.79 Å². The number of hydrogen-bond donors (Lipinski definition) is 2. The maximum Gasteiger partial charge on any atom is 0.255 e. The molecule has 2 unspecified atom stereocenters. The first-order valence-electron chi connectivity index (χ1n) is 5.76. The van der Waals surface area contributed by atoms with Crippen molar-refractivity contribution in [3.63, 3.8) is 0 Å². The van der Waals surface area contributed by atoms with Crippen molar-refractivity contribution in [3.05, 3.63) is 23.9 Å². The number of aromatic nitrogens is 1. The van der Waals surface area contributed by atoms with Gasteiger partial charge in [0.15, 0.2) is 0 Å². The molecule has 1 saturated carbocycles. The summed E-state index contributed by atoms with van der Waals surface area (Å²) in [6, 6.07) is 3.70. The van der Waals surface area contributed by atoms with Gasteiger partial charge in [-0.3, -0.25) is 4.79 Å². The molecule has 17 heavy (non-hydrogen) atoms. The van der Waals surface area contributed by atoms with Gasteiger partial charge in [0.25, 0.3) is 5.91 Å². The van der Waals surface area contributed by atoms with Crippen LogP contribution in [0.5, 0.6) is 0 Å². The van der Waals surface area contributed by atoms with Crippen molar-refractivity contribution < 1.29 is 4.79 Å². The van der Waals surface area contributed by atoms with Crippen molar-refractivity contribution in [3.8, 4) is 0 Å². The van der Waals surface area contributed by atoms with Gasteiger partial charge in [-0.25, -0.2) is 4.98 Å². The number of rotatable bonds is 3. The molecule has 1 amide bonds. The topological polar surface area (TPSA) is 68.0 Å². The Kier molecular flexibility index (Phi) is 3.89. The quantitative estimate of drug-likeness (QED) is 0.857. The van der Waals surface area contributed by atoms with Crippen LogP contribution in [0.2, 0.25) is 0 Å². The van der Waals surface area contributed by atoms with Crippen molar-refractivity contribution in [2.24, 2.45) is 0 Å². The van der Waals surface area contributed by atoms with Gasteiger partial charge >= 0.3 is 0 Å². The van der Waals surface area contributed by atoms with E-state index in [1.807, 2.05) is 11.8 Å². The standard InChI is InChI=1S/C12H17N3OS/c1-17-10-6-2-5-9(10)15-12(16)8-4-3-7-14-11(8)13/h3-4,7,9-10H,2,5-6H2,1H3,(H2,13,14)(H,15,16). The summed E-state index contributed by atoms with van der Waals surface area (Å²) in [6.07, 6.45) is 7.09. The molecule has 0 bridgehead atoms. The average molecular weight is 251 g/mol. The van der Waals surface area contributed by atoms with Gasteiger partial charge in [-0.2, -0.15) is 11.8 Å². The Morgan fingerprint density at radius 3 is 3.12 bits per heavy atom. The molecule has 5 heteroatoms. The van der Waals surface area contributed by atoms with Crippen LogP contribution >= 0.6 is 11.8 Å². The highest BCUT2D eigenvalue weighted by Crippen LogP contribution is 2.28. The molecule has 92 valence electrons. The van der Waals surface area contributed by atoms with Gasteiger partial charge in [0, 0.05) is 17.5 Å². The predicted octanol–water partition coefficient (Wildman–Crippen LogP) is 1.68. The second kappa shape index (κ2) is 5.40. The number of hydrogen-bond acceptors (Lipinski definition) is 4. The predicted molar refractivity (Wildman–Crippen MR) is 71.1 cm³/mol. The largest absolute Gasteiger partial charge is 0.383 e. The van der Waals surface area contributed by atoms with Crippen LogP contribution in [0.4, 0.5) is 5.82 Å². The third-order valence-electron chi connectivity index (χ3n) is 3.15. The van der Waals surface area contributed by atoms with Gasteiger partial charge in [0.1, 0.15) is 5.82 Å². The molecule has 2 rings (SSSR count). The van der Waals surface area contributed by atoms with E-state index in [4.69, 9.17) is 5.73 Å². The molecule has 1 aromatic rings. The maximum atomic E-state index is 12.0. The molecular formula is C12H17N3OS. The molecule has 0 aromatic carbocycles. The molecule has 4 nitrogen and oxygen atoms in total. The number of nitrogens with zero attached hydrogens (tertiary/aromatic N) is 1. The van der Waals surface area contributed by atoms with E-state index >= 15 is 0 Å². The number of anilines is 1. The zero-order chi connectivity index (χ0) is 12.3. The van der Waals surface area contributed by atoms with Crippen LogP contribution in [-0.2, 0) is 0 Å². The Hall–Kier alpha value is -1.23. The molecule has 0 radical (unpaired) electrons. The molecule has 1 aliphatic carbocycles. The fourth-order valence-electron chi connectivity index (χ4n) is 2.23. The lowest BCUT2D eigenvalue weighted by Crippen LogP contribution is -2.38. The molecule has 0 saturated heterocycles. The number of nitrogens with two attached hydrogens (primary N) is 1. The molecule has 3 N–H and O–H groups in total. The van der Waals surface area contributed by atoms with E-state index in [0.717, 1.165) is 6.42 Å². The first-order chi connectivity index (χ1) is 8.22. The number of carbonyl (C=O) groups excluding carboxylic acids is 1. The number of pyridine rings is 1. The molecule has 0 spiro atoms. The number of carbonyl (C=O) groups is 1. The average Bonchev–Trinajstić information content (AvgIpc) is 2.76. The van der Waals surface area contributed by atoms with E-state index in [1.165, 1.54) is 12.8 Å². The van der Waals surface area contributed by atoms with Crippen molar-refractivity contribution in [1.29, 1.82) is 0 Å². The first kappa shape index (κ1) is 12.2. The van der Waals surface area contributed by atoms with Crippen LogP contribution in [0.3, 0.4) is 0 Å². The summed E-state index contributed by atoms with van der Waals surface area (Å²) in [5.41, 5.74) is 6.16. The zero-order valence-corrected chi connectivity index (χ0v) is 10.7. The summed E-state index contributed by atoms with van der Waals surface area (Å²) in [7, 11) is 0. The van der Waals surface area contributed by atoms with Crippen molar-refractivity contribution in [1.82, 2.24) is 10.3 Å². The minimum Gasteiger partial charge on any atom is -0.383 e. The number of nitrogens with one attached hydrogen (secondary N) is 1. The Morgan fingerprint density at radius 1 is 1.59 bits per heavy atom. The van der Waals surface area contributed by atoms with Crippen LogP contribution in [0, 0.1) is 0 Å². The summed E-state index contributed by atoms with van der Waals surface area (Å²) >= 11 is 1.82. The minimum absolute atomic E-state index is 0.110. The molecule has 1 aromatic heterocycles. The van der Waals surface area contributed by atoms with Crippen LogP contribution in [0.15, 0.2) is 18.3 Å². The number of nitrogen functional groups attached to an aromatic ring is 1. The third-order valence-corrected chi connectivity index (χ3v) is 4.32. The fourth-order valence-corrected chi connectivity index (χ4v) is 3.16. The van der Waals surface area contributed by atoms with Gasteiger partial charge in [-0.05, 0) is 31.2 Å². The van der Waals surface area contributed by atoms with Crippen molar-refractivity contribution in [2.45, 2.75) is 30.6 Å². The summed E-state index contributed by atoms with van der Waals surface area (Å²) in [5.74, 6) is 0.185. The molecule has 1 fully saturated rings. The lowest BCUT2D eigenvalue weighted by Gasteiger charge is -2.19. The van der Waals surface area contributed by atoms with Crippen LogP contribution in [-0.4, -0.2) is 28.4 Å². The summed E-state index contributed by atoms with van der Waals surface area (Å²) in [6.45, 7) is 0. The Balaban J connectivity index is 2.04. The molecule has 0 aliphatic heterocycles. The molecule has 2 atom stereocenters. The maximum absolute atomic E-state index is 12.0. The highest BCUT2D eigenvalue weighted by atomic mass is 32.2. The van der Waals surface area contributed by atoms with Crippen LogP contribution in [0.25, 0.3) is 0 Å². The lowest BCUT2D eigenvalue weighted by atomic mass is 10.2. The van der Waals surface area contributed by atoms with E-state index in [0.29, 0.717) is 16.6 Å². The van der Waals surface area contributed by atoms with Crippen LogP contribution in [0.1, 0.15) is 29.6 Å².